The normalized spacial score (nSPS) is 12.8. The van der Waals surface area contributed by atoms with Crippen LogP contribution >= 0.6 is 15.9 Å². The van der Waals surface area contributed by atoms with Gasteiger partial charge < -0.3 is 9.84 Å². The molecule has 0 fully saturated rings. The Balaban J connectivity index is 2.42. The van der Waals surface area contributed by atoms with Gasteiger partial charge in [-0.3, -0.25) is 5.32 Å². The van der Waals surface area contributed by atoms with Gasteiger partial charge in [0, 0.05) is 6.54 Å². The number of aliphatic hydroxyl groups excluding tert-OH is 1. The number of aliphatic hydroxyl groups is 1. The fraction of sp³-hybridized carbons (Fsp3) is 0.467. The minimum absolute atomic E-state index is 0.218. The first-order valence-corrected chi connectivity index (χ1v) is 6.93. The van der Waals surface area contributed by atoms with Gasteiger partial charge in [0.25, 0.3) is 0 Å². The molecule has 2 N–H and O–H groups in total. The molecule has 0 saturated heterocycles. The highest BCUT2D eigenvalue weighted by molar-refractivity contribution is 9.10. The van der Waals surface area contributed by atoms with Gasteiger partial charge >= 0.3 is 0 Å². The molecular weight excluding hydrogens is 306 g/mol. The maximum Gasteiger partial charge on any atom is 0.133 e. The van der Waals surface area contributed by atoms with Gasteiger partial charge in [0.05, 0.1) is 10.0 Å². The summed E-state index contributed by atoms with van der Waals surface area (Å²) in [4.78, 5) is 0. The molecule has 0 aliphatic rings. The van der Waals surface area contributed by atoms with Crippen LogP contribution in [-0.4, -0.2) is 29.9 Å². The van der Waals surface area contributed by atoms with Gasteiger partial charge in [0.15, 0.2) is 0 Å². The third kappa shape index (κ3) is 5.65. The Hall–Kier alpha value is -1.02. The molecule has 0 heterocycles. The topological polar surface area (TPSA) is 41.5 Å². The maximum absolute atomic E-state index is 9.84. The predicted octanol–water partition coefficient (Wildman–Crippen LogP) is 2.50. The molecule has 1 aromatic carbocycles. The molecule has 0 aliphatic heterocycles. The van der Waals surface area contributed by atoms with Crippen molar-refractivity contribution < 1.29 is 9.84 Å². The lowest BCUT2D eigenvalue weighted by molar-refractivity contribution is 0.102. The minimum atomic E-state index is -0.610. The van der Waals surface area contributed by atoms with Crippen molar-refractivity contribution >= 4 is 15.9 Å². The largest absolute Gasteiger partial charge is 0.490 e. The van der Waals surface area contributed by atoms with Gasteiger partial charge in [-0.25, -0.2) is 0 Å². The monoisotopic (exact) mass is 325 g/mol. The van der Waals surface area contributed by atoms with E-state index in [9.17, 15) is 5.11 Å². The summed E-state index contributed by atoms with van der Waals surface area (Å²) in [6, 6.07) is 5.82. The van der Waals surface area contributed by atoms with E-state index in [1.54, 1.807) is 0 Å². The third-order valence-corrected chi connectivity index (χ3v) is 3.28. The van der Waals surface area contributed by atoms with Crippen LogP contribution in [-0.2, 0) is 0 Å². The molecule has 1 unspecified atom stereocenters. The second-order valence-corrected chi connectivity index (χ2v) is 5.90. The number of benzene rings is 1. The number of nitrogens with one attached hydrogen (secondary N) is 1. The molecule has 1 aromatic rings. The van der Waals surface area contributed by atoms with Crippen LogP contribution < -0.4 is 10.1 Å². The summed E-state index contributed by atoms with van der Waals surface area (Å²) in [7, 11) is 0. The van der Waals surface area contributed by atoms with Crippen molar-refractivity contribution in [1.29, 1.82) is 0 Å². The van der Waals surface area contributed by atoms with Gasteiger partial charge in [0.2, 0.25) is 0 Å². The Morgan fingerprint density at radius 2 is 2.21 bits per heavy atom. The van der Waals surface area contributed by atoms with Gasteiger partial charge in [-0.05, 0) is 54.4 Å². The first-order chi connectivity index (χ1) is 8.84. The zero-order valence-corrected chi connectivity index (χ0v) is 13.1. The van der Waals surface area contributed by atoms with E-state index in [1.165, 1.54) is 0 Å². The lowest BCUT2D eigenvalue weighted by Crippen LogP contribution is -2.43. The molecular formula is C15H20BrNO2. The number of ether oxygens (including phenoxy) is 1. The smallest absolute Gasteiger partial charge is 0.133 e. The zero-order valence-electron chi connectivity index (χ0n) is 11.5. The van der Waals surface area contributed by atoms with Gasteiger partial charge in [0.1, 0.15) is 18.5 Å². The fourth-order valence-corrected chi connectivity index (χ4v) is 2.00. The van der Waals surface area contributed by atoms with E-state index in [1.807, 2.05) is 39.0 Å². The Morgan fingerprint density at radius 1 is 1.53 bits per heavy atom. The van der Waals surface area contributed by atoms with E-state index in [0.717, 1.165) is 15.8 Å². The van der Waals surface area contributed by atoms with E-state index in [-0.39, 0.29) is 6.61 Å². The lowest BCUT2D eigenvalue weighted by atomic mass is 10.1. The number of aryl methyl sites for hydroxylation is 1. The third-order valence-electron chi connectivity index (χ3n) is 2.66. The number of terminal acetylenes is 1. The highest BCUT2D eigenvalue weighted by Crippen LogP contribution is 2.25. The van der Waals surface area contributed by atoms with Crippen LogP contribution in [0.1, 0.15) is 19.4 Å². The van der Waals surface area contributed by atoms with Gasteiger partial charge in [-0.2, -0.15) is 0 Å². The number of hydrogen-bond donors (Lipinski definition) is 2. The molecule has 1 rings (SSSR count). The summed E-state index contributed by atoms with van der Waals surface area (Å²) in [5.41, 5.74) is 0.725. The summed E-state index contributed by atoms with van der Waals surface area (Å²) in [6.07, 6.45) is 4.75. The molecule has 0 amide bonds. The Kier molecular flexibility index (Phi) is 5.86. The minimum Gasteiger partial charge on any atom is -0.490 e. The van der Waals surface area contributed by atoms with E-state index < -0.39 is 11.6 Å². The fourth-order valence-electron chi connectivity index (χ4n) is 1.39. The maximum atomic E-state index is 9.84. The number of rotatable bonds is 6. The predicted molar refractivity (Wildman–Crippen MR) is 81.3 cm³/mol. The molecule has 0 bridgehead atoms. The van der Waals surface area contributed by atoms with Crippen molar-refractivity contribution in [3.05, 3.63) is 28.2 Å². The molecule has 3 nitrogen and oxygen atoms in total. The standard InChI is InChI=1S/C15H20BrNO2/c1-5-15(3,4)17-9-12(18)10-19-14-7-6-11(2)8-13(14)16/h1,6-8,12,17-18H,9-10H2,2-4H3. The SMILES string of the molecule is C#CC(C)(C)NCC(O)COc1ccc(C)cc1Br. The van der Waals surface area contributed by atoms with Crippen molar-refractivity contribution in [2.45, 2.75) is 32.4 Å². The Morgan fingerprint density at radius 3 is 2.79 bits per heavy atom. The molecule has 0 saturated carbocycles. The van der Waals surface area contributed by atoms with Crippen LogP contribution in [0.25, 0.3) is 0 Å². The summed E-state index contributed by atoms with van der Waals surface area (Å²) < 4.78 is 6.45. The average Bonchev–Trinajstić information content (AvgIpc) is 2.35. The molecule has 4 heteroatoms. The Labute approximate surface area is 123 Å². The quantitative estimate of drug-likeness (QED) is 0.789. The van der Waals surface area contributed by atoms with E-state index in [2.05, 4.69) is 27.2 Å². The van der Waals surface area contributed by atoms with Crippen molar-refractivity contribution in [1.82, 2.24) is 5.32 Å². The zero-order chi connectivity index (χ0) is 14.5. The number of hydrogen-bond acceptors (Lipinski definition) is 3. The molecule has 0 spiro atoms. The molecule has 0 aliphatic carbocycles. The molecule has 0 radical (unpaired) electrons. The number of β-amino-alcohol motifs (C(OH)–C–C–N with tert-alkyl or cyclic N) is 1. The first kappa shape index (κ1) is 16.0. The molecule has 104 valence electrons. The van der Waals surface area contributed by atoms with E-state index in [4.69, 9.17) is 11.2 Å². The summed E-state index contributed by atoms with van der Waals surface area (Å²) in [5.74, 6) is 3.34. The lowest BCUT2D eigenvalue weighted by Gasteiger charge is -2.22. The summed E-state index contributed by atoms with van der Waals surface area (Å²) in [6.45, 7) is 6.39. The van der Waals surface area contributed by atoms with Crippen LogP contribution in [0.5, 0.6) is 5.75 Å². The summed E-state index contributed by atoms with van der Waals surface area (Å²) >= 11 is 3.43. The van der Waals surface area contributed by atoms with Crippen molar-refractivity contribution in [3.8, 4) is 18.1 Å². The highest BCUT2D eigenvalue weighted by Gasteiger charge is 2.15. The second kappa shape index (κ2) is 6.95. The van der Waals surface area contributed by atoms with Crippen molar-refractivity contribution in [2.75, 3.05) is 13.2 Å². The van der Waals surface area contributed by atoms with Crippen LogP contribution in [0.3, 0.4) is 0 Å². The molecule has 1 atom stereocenters. The van der Waals surface area contributed by atoms with Crippen molar-refractivity contribution in [2.24, 2.45) is 0 Å². The highest BCUT2D eigenvalue weighted by atomic mass is 79.9. The second-order valence-electron chi connectivity index (χ2n) is 5.05. The Bertz CT molecular complexity index is 466. The molecule has 19 heavy (non-hydrogen) atoms. The van der Waals surface area contributed by atoms with Crippen LogP contribution in [0.2, 0.25) is 0 Å². The van der Waals surface area contributed by atoms with Gasteiger partial charge in [-0.15, -0.1) is 6.42 Å². The van der Waals surface area contributed by atoms with E-state index in [0.29, 0.717) is 6.54 Å². The van der Waals surface area contributed by atoms with Crippen LogP contribution in [0, 0.1) is 19.3 Å². The summed E-state index contributed by atoms with van der Waals surface area (Å²) in [5, 5.41) is 12.9. The average molecular weight is 326 g/mol. The van der Waals surface area contributed by atoms with Crippen LogP contribution in [0.4, 0.5) is 0 Å². The van der Waals surface area contributed by atoms with Crippen molar-refractivity contribution in [3.63, 3.8) is 0 Å². The van der Waals surface area contributed by atoms with Crippen LogP contribution in [0.15, 0.2) is 22.7 Å². The first-order valence-electron chi connectivity index (χ1n) is 6.14. The molecule has 0 aromatic heterocycles. The van der Waals surface area contributed by atoms with Gasteiger partial charge in [-0.1, -0.05) is 12.0 Å². The van der Waals surface area contributed by atoms with E-state index >= 15 is 0 Å². The number of halogens is 1.